The minimum Gasteiger partial charge on any atom is -0.274 e. The van der Waals surface area contributed by atoms with Crippen LogP contribution >= 0.6 is 11.8 Å². The molecule has 1 N–H and O–H groups in total. The average molecular weight is 378 g/mol. The Morgan fingerprint density at radius 3 is 2.63 bits per heavy atom. The Labute approximate surface area is 161 Å². The van der Waals surface area contributed by atoms with Gasteiger partial charge in [0.05, 0.1) is 11.4 Å². The molecule has 0 aliphatic carbocycles. The lowest BCUT2D eigenvalue weighted by Crippen LogP contribution is -2.32. The molecule has 0 saturated carbocycles. The highest BCUT2D eigenvalue weighted by Gasteiger charge is 2.41. The molecule has 0 radical (unpaired) electrons. The van der Waals surface area contributed by atoms with E-state index in [-0.39, 0.29) is 23.4 Å². The van der Waals surface area contributed by atoms with E-state index in [9.17, 15) is 9.59 Å². The summed E-state index contributed by atoms with van der Waals surface area (Å²) in [6.07, 6.45) is 1.90. The van der Waals surface area contributed by atoms with Crippen molar-refractivity contribution in [1.82, 2.24) is 5.32 Å². The molecule has 27 heavy (non-hydrogen) atoms. The maximum absolute atomic E-state index is 12.9. The largest absolute Gasteiger partial charge is 0.274 e. The van der Waals surface area contributed by atoms with Crippen molar-refractivity contribution >= 4 is 40.1 Å². The molecule has 0 aromatic heterocycles. The molecule has 0 bridgehead atoms. The molecule has 0 spiro atoms. The highest BCUT2D eigenvalue weighted by molar-refractivity contribution is 8.15. The molecule has 2 aromatic rings. The lowest BCUT2D eigenvalue weighted by Gasteiger charge is -2.18. The number of carbonyl (C=O) groups excluding carboxylic acids is 2. The van der Waals surface area contributed by atoms with Crippen molar-refractivity contribution < 1.29 is 9.59 Å². The average Bonchev–Trinajstić information content (AvgIpc) is 2.92. The molecular weight excluding hydrogens is 360 g/mol. The molecule has 1 saturated heterocycles. The molecule has 1 fully saturated rings. The van der Waals surface area contributed by atoms with Crippen LogP contribution in [0.3, 0.4) is 0 Å². The maximum atomic E-state index is 12.9. The van der Waals surface area contributed by atoms with E-state index in [1.54, 1.807) is 18.2 Å². The van der Waals surface area contributed by atoms with E-state index in [4.69, 9.17) is 5.26 Å². The summed E-state index contributed by atoms with van der Waals surface area (Å²) < 4.78 is 0. The summed E-state index contributed by atoms with van der Waals surface area (Å²) in [5.41, 5.74) is 3.19. The normalized spacial score (nSPS) is 17.1. The van der Waals surface area contributed by atoms with E-state index >= 15 is 0 Å². The van der Waals surface area contributed by atoms with E-state index in [0.717, 1.165) is 22.9 Å². The monoisotopic (exact) mass is 378 g/mol. The van der Waals surface area contributed by atoms with Crippen LogP contribution in [0.15, 0.2) is 53.5 Å². The Hall–Kier alpha value is -3.11. The predicted molar refractivity (Wildman–Crippen MR) is 107 cm³/mol. The molecule has 136 valence electrons. The first-order valence-electron chi connectivity index (χ1n) is 8.39. The smallest absolute Gasteiger partial charge is 0.247 e. The number of nitrogens with one attached hydrogen (secondary N) is 1. The Kier molecular flexibility index (Phi) is 5.57. The Morgan fingerprint density at radius 1 is 1.19 bits per heavy atom. The first-order chi connectivity index (χ1) is 13.0. The highest BCUT2D eigenvalue weighted by atomic mass is 32.2. The highest BCUT2D eigenvalue weighted by Crippen LogP contribution is 2.33. The van der Waals surface area contributed by atoms with Gasteiger partial charge in [0, 0.05) is 6.42 Å². The molecule has 1 atom stereocenters. The van der Waals surface area contributed by atoms with E-state index in [1.165, 1.54) is 4.90 Å². The quantitative estimate of drug-likeness (QED) is 0.291. The van der Waals surface area contributed by atoms with Gasteiger partial charge in [-0.3, -0.25) is 14.9 Å². The van der Waals surface area contributed by atoms with Crippen LogP contribution < -0.4 is 10.2 Å². The van der Waals surface area contributed by atoms with Crippen LogP contribution in [0.4, 0.5) is 11.4 Å². The van der Waals surface area contributed by atoms with E-state index in [1.807, 2.05) is 50.4 Å². The van der Waals surface area contributed by atoms with Crippen LogP contribution in [-0.4, -0.2) is 22.2 Å². The predicted octanol–water partition coefficient (Wildman–Crippen LogP) is 3.43. The van der Waals surface area contributed by atoms with Crippen LogP contribution in [0.5, 0.6) is 0 Å². The summed E-state index contributed by atoms with van der Waals surface area (Å²) in [6.45, 7) is 3.84. The summed E-state index contributed by atoms with van der Waals surface area (Å²) in [4.78, 5) is 31.0. The van der Waals surface area contributed by atoms with Crippen LogP contribution in [0, 0.1) is 25.3 Å². The van der Waals surface area contributed by atoms with Crippen LogP contribution in [0.2, 0.25) is 0 Å². The third kappa shape index (κ3) is 4.01. The van der Waals surface area contributed by atoms with Crippen molar-refractivity contribution in [2.75, 3.05) is 4.90 Å². The molecule has 7 heteroatoms. The van der Waals surface area contributed by atoms with Gasteiger partial charge < -0.3 is 0 Å². The van der Waals surface area contributed by atoms with Gasteiger partial charge in [0.1, 0.15) is 5.25 Å². The Bertz CT molecular complexity index is 950. The zero-order valence-electron chi connectivity index (χ0n) is 15.0. The molecule has 2 aromatic carbocycles. The fourth-order valence-electron chi connectivity index (χ4n) is 2.81. The fourth-order valence-corrected chi connectivity index (χ4v) is 3.78. The zero-order chi connectivity index (χ0) is 19.4. The topological polar surface area (TPSA) is 85.6 Å². The second-order valence-electron chi connectivity index (χ2n) is 6.09. The Balaban J connectivity index is 1.85. The minimum atomic E-state index is -0.624. The number of para-hydroxylation sites is 1. The Morgan fingerprint density at radius 2 is 1.93 bits per heavy atom. The number of thioether (sulfide) groups is 1. The van der Waals surface area contributed by atoms with Gasteiger partial charge in [-0.1, -0.05) is 42.1 Å². The van der Waals surface area contributed by atoms with Gasteiger partial charge >= 0.3 is 0 Å². The lowest BCUT2D eigenvalue weighted by molar-refractivity contribution is -0.121. The van der Waals surface area contributed by atoms with Crippen molar-refractivity contribution in [2.24, 2.45) is 4.99 Å². The number of aliphatic imine (C=N–C) groups is 1. The van der Waals surface area contributed by atoms with Gasteiger partial charge in [0.2, 0.25) is 11.8 Å². The van der Waals surface area contributed by atoms with Crippen molar-refractivity contribution in [1.29, 1.82) is 5.26 Å². The van der Waals surface area contributed by atoms with Crippen LogP contribution in [-0.2, 0) is 9.59 Å². The number of amides is 2. The summed E-state index contributed by atoms with van der Waals surface area (Å²) in [6, 6.07) is 14.7. The minimum absolute atomic E-state index is 0.0673. The summed E-state index contributed by atoms with van der Waals surface area (Å²) in [5.74, 6) is -0.540. The number of aryl methyl sites for hydroxylation is 1. The number of benzene rings is 2. The number of hydrogen-bond acceptors (Lipinski definition) is 5. The second-order valence-corrected chi connectivity index (χ2v) is 7.28. The van der Waals surface area contributed by atoms with Crippen molar-refractivity contribution in [3.05, 3.63) is 59.7 Å². The van der Waals surface area contributed by atoms with E-state index < -0.39 is 5.25 Å². The fraction of sp³-hybridized carbons (Fsp3) is 0.200. The summed E-state index contributed by atoms with van der Waals surface area (Å²) in [7, 11) is 0. The molecule has 3 rings (SSSR count). The van der Waals surface area contributed by atoms with E-state index in [0.29, 0.717) is 11.4 Å². The van der Waals surface area contributed by atoms with Gasteiger partial charge in [-0.05, 0) is 43.2 Å². The van der Waals surface area contributed by atoms with Crippen molar-refractivity contribution in [3.8, 4) is 6.19 Å². The third-order valence-electron chi connectivity index (χ3n) is 4.33. The zero-order valence-corrected chi connectivity index (χ0v) is 15.8. The van der Waals surface area contributed by atoms with Gasteiger partial charge in [-0.25, -0.2) is 9.89 Å². The van der Waals surface area contributed by atoms with Crippen molar-refractivity contribution in [2.45, 2.75) is 25.5 Å². The number of anilines is 1. The van der Waals surface area contributed by atoms with E-state index in [2.05, 4.69) is 10.3 Å². The lowest BCUT2D eigenvalue weighted by atomic mass is 10.1. The molecule has 2 amide bonds. The number of amidine groups is 1. The van der Waals surface area contributed by atoms with Crippen LogP contribution in [0.1, 0.15) is 17.5 Å². The molecule has 0 unspecified atom stereocenters. The number of imide groups is 1. The van der Waals surface area contributed by atoms with Crippen molar-refractivity contribution in [3.63, 3.8) is 0 Å². The number of carbonyl (C=O) groups is 2. The van der Waals surface area contributed by atoms with Gasteiger partial charge in [-0.15, -0.1) is 0 Å². The van der Waals surface area contributed by atoms with Gasteiger partial charge in [-0.2, -0.15) is 5.26 Å². The number of nitriles is 1. The number of nitrogens with zero attached hydrogens (tertiary/aromatic N) is 3. The maximum Gasteiger partial charge on any atom is 0.247 e. The van der Waals surface area contributed by atoms with Gasteiger partial charge in [0.15, 0.2) is 11.4 Å². The third-order valence-corrected chi connectivity index (χ3v) is 5.40. The summed E-state index contributed by atoms with van der Waals surface area (Å²) in [5, 5.41) is 11.2. The first kappa shape index (κ1) is 18.7. The van der Waals surface area contributed by atoms with Gasteiger partial charge in [0.25, 0.3) is 0 Å². The summed E-state index contributed by atoms with van der Waals surface area (Å²) >= 11 is 1.10. The molecular formula is C20H18N4O2S. The first-order valence-corrected chi connectivity index (χ1v) is 9.27. The SMILES string of the molecule is Cc1cccc(N2C(=O)C[C@@H](SC(=Nc3ccccc3)NC#N)C2=O)c1C. The second kappa shape index (κ2) is 8.06. The van der Waals surface area contributed by atoms with Crippen LogP contribution in [0.25, 0.3) is 0 Å². The molecule has 6 nitrogen and oxygen atoms in total. The number of rotatable bonds is 3. The molecule has 1 heterocycles. The number of hydrogen-bond donors (Lipinski definition) is 1. The molecule has 1 aliphatic rings. The standard InChI is InChI=1S/C20H18N4O2S/c1-13-7-6-10-16(14(13)2)24-18(25)11-17(19(24)26)27-20(22-12-21)23-15-8-4-3-5-9-15/h3-10,17H,11H2,1-2H3,(H,22,23)/t17-/m1/s1. The molecule has 1 aliphatic heterocycles.